The van der Waals surface area contributed by atoms with Gasteiger partial charge >= 0.3 is 6.09 Å². The lowest BCUT2D eigenvalue weighted by Gasteiger charge is -2.33. The maximum absolute atomic E-state index is 10.6. The van der Waals surface area contributed by atoms with Crippen LogP contribution in [0.4, 0.5) is 16.4 Å². The van der Waals surface area contributed by atoms with Crippen LogP contribution in [-0.4, -0.2) is 40.3 Å². The molecular formula is C10H15N5O2. The van der Waals surface area contributed by atoms with Crippen LogP contribution in [0.15, 0.2) is 12.4 Å². The minimum atomic E-state index is -0.996. The zero-order valence-corrected chi connectivity index (χ0v) is 9.33. The summed E-state index contributed by atoms with van der Waals surface area (Å²) in [6.07, 6.45) is 3.86. The minimum Gasteiger partial charge on any atom is -0.465 e. The molecule has 1 atom stereocenters. The molecule has 0 bridgehead atoms. The molecule has 1 aliphatic heterocycles. The van der Waals surface area contributed by atoms with E-state index in [0.29, 0.717) is 18.2 Å². The number of carboxylic acid groups (broad SMARTS) is 1. The van der Waals surface area contributed by atoms with Crippen LogP contribution in [0.25, 0.3) is 0 Å². The molecule has 0 aliphatic carbocycles. The summed E-state index contributed by atoms with van der Waals surface area (Å²) in [7, 11) is 0. The maximum atomic E-state index is 10.6. The Morgan fingerprint density at radius 3 is 3.00 bits per heavy atom. The minimum absolute atomic E-state index is 0.0809. The first-order valence-electron chi connectivity index (χ1n) is 5.47. The van der Waals surface area contributed by atoms with E-state index < -0.39 is 6.09 Å². The highest BCUT2D eigenvalue weighted by Gasteiger charge is 2.23. The van der Waals surface area contributed by atoms with E-state index in [9.17, 15) is 4.79 Å². The average Bonchev–Trinajstić information content (AvgIpc) is 2.29. The molecule has 1 amide bonds. The maximum Gasteiger partial charge on any atom is 0.404 e. The molecule has 1 saturated heterocycles. The number of anilines is 2. The predicted octanol–water partition coefficient (Wildman–Crippen LogP) is 0.295. The number of nitrogens with one attached hydrogen (secondary N) is 1. The van der Waals surface area contributed by atoms with Crippen LogP contribution >= 0.6 is 0 Å². The van der Waals surface area contributed by atoms with Crippen LogP contribution in [0.5, 0.6) is 0 Å². The first kappa shape index (κ1) is 11.4. The van der Waals surface area contributed by atoms with Gasteiger partial charge in [-0.1, -0.05) is 0 Å². The molecule has 0 radical (unpaired) electrons. The second kappa shape index (κ2) is 4.86. The largest absolute Gasteiger partial charge is 0.465 e. The second-order valence-corrected chi connectivity index (χ2v) is 4.00. The molecule has 7 nitrogen and oxygen atoms in total. The fraction of sp³-hybridized carbons (Fsp3) is 0.500. The zero-order valence-electron chi connectivity index (χ0n) is 9.33. The Bertz CT molecular complexity index is 411. The van der Waals surface area contributed by atoms with Crippen LogP contribution in [0, 0.1) is 0 Å². The Hall–Kier alpha value is -2.05. The summed E-state index contributed by atoms with van der Waals surface area (Å²) >= 11 is 0. The van der Waals surface area contributed by atoms with Crippen molar-refractivity contribution in [3.63, 3.8) is 0 Å². The van der Waals surface area contributed by atoms with Crippen molar-refractivity contribution in [2.45, 2.75) is 18.9 Å². The van der Waals surface area contributed by atoms with Crippen molar-refractivity contribution in [2.75, 3.05) is 23.7 Å². The summed E-state index contributed by atoms with van der Waals surface area (Å²) in [5, 5.41) is 11.2. The normalized spacial score (nSPS) is 20.0. The first-order chi connectivity index (χ1) is 8.16. The van der Waals surface area contributed by atoms with Gasteiger partial charge in [0.25, 0.3) is 0 Å². The fourth-order valence-corrected chi connectivity index (χ4v) is 2.05. The predicted molar refractivity (Wildman–Crippen MR) is 62.8 cm³/mol. The lowest BCUT2D eigenvalue weighted by molar-refractivity contribution is 0.188. The molecule has 1 aromatic heterocycles. The van der Waals surface area contributed by atoms with Gasteiger partial charge in [-0.2, -0.15) is 0 Å². The van der Waals surface area contributed by atoms with E-state index in [-0.39, 0.29) is 6.04 Å². The van der Waals surface area contributed by atoms with E-state index in [0.717, 1.165) is 19.4 Å². The number of nitrogen functional groups attached to an aromatic ring is 1. The van der Waals surface area contributed by atoms with Gasteiger partial charge < -0.3 is 21.1 Å². The topological polar surface area (TPSA) is 104 Å². The molecule has 1 aliphatic rings. The molecule has 92 valence electrons. The number of piperidine rings is 1. The third-order valence-electron chi connectivity index (χ3n) is 2.75. The molecule has 1 fully saturated rings. The molecule has 1 aromatic rings. The molecule has 17 heavy (non-hydrogen) atoms. The number of aromatic nitrogens is 2. The van der Waals surface area contributed by atoms with Crippen molar-refractivity contribution in [3.05, 3.63) is 12.4 Å². The molecule has 7 heteroatoms. The summed E-state index contributed by atoms with van der Waals surface area (Å²) < 4.78 is 0. The van der Waals surface area contributed by atoms with Gasteiger partial charge in [-0.3, -0.25) is 0 Å². The average molecular weight is 237 g/mol. The van der Waals surface area contributed by atoms with Crippen LogP contribution in [0.1, 0.15) is 12.8 Å². The SMILES string of the molecule is Nc1nccnc1N1CCC[C@@H](NC(=O)O)C1. The fourth-order valence-electron chi connectivity index (χ4n) is 2.05. The van der Waals surface area contributed by atoms with Crippen molar-refractivity contribution in [1.29, 1.82) is 0 Å². The van der Waals surface area contributed by atoms with E-state index in [1.165, 1.54) is 6.20 Å². The summed E-state index contributed by atoms with van der Waals surface area (Å²) in [5.74, 6) is 1.01. The van der Waals surface area contributed by atoms with E-state index in [4.69, 9.17) is 10.8 Å². The highest BCUT2D eigenvalue weighted by Crippen LogP contribution is 2.21. The number of hydrogen-bond donors (Lipinski definition) is 3. The monoisotopic (exact) mass is 237 g/mol. The van der Waals surface area contributed by atoms with Crippen LogP contribution < -0.4 is 16.0 Å². The standard InChI is InChI=1S/C10H15N5O2/c11-8-9(13-4-3-12-8)15-5-1-2-7(6-15)14-10(16)17/h3-4,7,14H,1-2,5-6H2,(H2,11,12)(H,16,17)/t7-/m1/s1. The molecule has 0 unspecified atom stereocenters. The van der Waals surface area contributed by atoms with Crippen molar-refractivity contribution >= 4 is 17.7 Å². The van der Waals surface area contributed by atoms with Gasteiger partial charge in [-0.15, -0.1) is 0 Å². The number of nitrogens with two attached hydrogens (primary N) is 1. The van der Waals surface area contributed by atoms with Gasteiger partial charge in [-0.25, -0.2) is 14.8 Å². The Morgan fingerprint density at radius 1 is 1.53 bits per heavy atom. The highest BCUT2D eigenvalue weighted by molar-refractivity contribution is 5.65. The Balaban J connectivity index is 2.07. The zero-order chi connectivity index (χ0) is 12.3. The van der Waals surface area contributed by atoms with Crippen molar-refractivity contribution < 1.29 is 9.90 Å². The Morgan fingerprint density at radius 2 is 2.29 bits per heavy atom. The number of rotatable bonds is 2. The lowest BCUT2D eigenvalue weighted by Crippen LogP contribution is -2.47. The lowest BCUT2D eigenvalue weighted by atomic mass is 10.1. The van der Waals surface area contributed by atoms with Gasteiger partial charge in [0, 0.05) is 31.5 Å². The van der Waals surface area contributed by atoms with Crippen LogP contribution in [0.3, 0.4) is 0 Å². The second-order valence-electron chi connectivity index (χ2n) is 4.00. The van der Waals surface area contributed by atoms with Crippen molar-refractivity contribution in [2.24, 2.45) is 0 Å². The summed E-state index contributed by atoms with van der Waals surface area (Å²) in [6, 6.07) is -0.0809. The van der Waals surface area contributed by atoms with Crippen LogP contribution in [0.2, 0.25) is 0 Å². The van der Waals surface area contributed by atoms with Gasteiger partial charge in [0.1, 0.15) is 0 Å². The smallest absolute Gasteiger partial charge is 0.404 e. The summed E-state index contributed by atoms with van der Waals surface area (Å²) in [5.41, 5.74) is 5.75. The quantitative estimate of drug-likeness (QED) is 0.683. The van der Waals surface area contributed by atoms with Crippen molar-refractivity contribution in [3.8, 4) is 0 Å². The van der Waals surface area contributed by atoms with Gasteiger partial charge in [0.05, 0.1) is 0 Å². The van der Waals surface area contributed by atoms with Crippen LogP contribution in [-0.2, 0) is 0 Å². The number of nitrogens with zero attached hydrogens (tertiary/aromatic N) is 3. The van der Waals surface area contributed by atoms with E-state index in [1.54, 1.807) is 6.20 Å². The number of carbonyl (C=O) groups is 1. The number of hydrogen-bond acceptors (Lipinski definition) is 5. The molecule has 0 aromatic carbocycles. The molecule has 4 N–H and O–H groups in total. The van der Waals surface area contributed by atoms with E-state index in [2.05, 4.69) is 15.3 Å². The molecule has 2 rings (SSSR count). The molecule has 0 saturated carbocycles. The molecule has 0 spiro atoms. The highest BCUT2D eigenvalue weighted by atomic mass is 16.4. The van der Waals surface area contributed by atoms with E-state index >= 15 is 0 Å². The third-order valence-corrected chi connectivity index (χ3v) is 2.75. The van der Waals surface area contributed by atoms with Crippen molar-refractivity contribution in [1.82, 2.24) is 15.3 Å². The molecule has 2 heterocycles. The molecular weight excluding hydrogens is 222 g/mol. The summed E-state index contributed by atoms with van der Waals surface area (Å²) in [4.78, 5) is 20.7. The Labute approximate surface area is 98.7 Å². The first-order valence-corrected chi connectivity index (χ1v) is 5.47. The van der Waals surface area contributed by atoms with Gasteiger partial charge in [0.15, 0.2) is 11.6 Å². The number of amides is 1. The van der Waals surface area contributed by atoms with Gasteiger partial charge in [-0.05, 0) is 12.8 Å². The summed E-state index contributed by atoms with van der Waals surface area (Å²) in [6.45, 7) is 1.40. The van der Waals surface area contributed by atoms with E-state index in [1.807, 2.05) is 4.90 Å². The Kier molecular flexibility index (Phi) is 3.27. The third kappa shape index (κ3) is 2.74. The van der Waals surface area contributed by atoms with Gasteiger partial charge in [0.2, 0.25) is 0 Å².